The van der Waals surface area contributed by atoms with E-state index in [0.717, 1.165) is 72.6 Å². The van der Waals surface area contributed by atoms with Crippen LogP contribution in [0.5, 0.6) is 11.5 Å². The number of unbranched alkanes of at least 4 members (excludes halogenated alkanes) is 2. The van der Waals surface area contributed by atoms with Crippen LogP contribution in [0, 0.1) is 17.8 Å². The van der Waals surface area contributed by atoms with E-state index in [1.54, 1.807) is 12.2 Å². The first-order chi connectivity index (χ1) is 29.0. The van der Waals surface area contributed by atoms with Gasteiger partial charge in [-0.15, -0.1) is 6.58 Å². The molecule has 0 aromatic heterocycles. The number of hydrogen-bond donors (Lipinski definition) is 2. The highest BCUT2D eigenvalue weighted by Gasteiger charge is 2.65. The average molecular weight is 807 g/mol. The fourth-order valence-electron chi connectivity index (χ4n) is 9.94. The number of nitrogens with zero attached hydrogens (tertiary/aromatic N) is 2. The molecule has 1 saturated heterocycles. The molecule has 2 aliphatic heterocycles. The highest BCUT2D eigenvalue weighted by atomic mass is 16.8. The fourth-order valence-corrected chi connectivity index (χ4v) is 9.94. The molecule has 316 valence electrons. The summed E-state index contributed by atoms with van der Waals surface area (Å²) in [5, 5.41) is 26.9. The number of aliphatic hydroxyl groups excluding tert-OH is 2. The lowest BCUT2D eigenvalue weighted by molar-refractivity contribution is -0.254. The lowest BCUT2D eigenvalue weighted by atomic mass is 9.55. The van der Waals surface area contributed by atoms with Crippen LogP contribution < -0.4 is 9.47 Å². The molecule has 4 aliphatic rings. The normalized spacial score (nSPS) is 26.6. The van der Waals surface area contributed by atoms with Crippen LogP contribution in [0.1, 0.15) is 99.4 Å². The fraction of sp³-hybridized carbons (Fsp3) is 0.510. The van der Waals surface area contributed by atoms with E-state index in [-0.39, 0.29) is 43.5 Å². The Morgan fingerprint density at radius 3 is 2.51 bits per heavy atom. The zero-order valence-electron chi connectivity index (χ0n) is 34.6. The van der Waals surface area contributed by atoms with Gasteiger partial charge in [-0.25, -0.2) is 0 Å². The molecule has 1 unspecified atom stereocenters. The molecule has 1 amide bonds. The number of ether oxygens (including phenoxy) is 4. The number of hydrogen-bond acceptors (Lipinski definition) is 9. The van der Waals surface area contributed by atoms with Crippen molar-refractivity contribution in [3.63, 3.8) is 0 Å². The van der Waals surface area contributed by atoms with E-state index in [2.05, 4.69) is 38.3 Å². The largest absolute Gasteiger partial charge is 0.490 e. The van der Waals surface area contributed by atoms with Crippen molar-refractivity contribution in [3.05, 3.63) is 109 Å². The summed E-state index contributed by atoms with van der Waals surface area (Å²) < 4.78 is 26.7. The van der Waals surface area contributed by atoms with Gasteiger partial charge in [-0.2, -0.15) is 0 Å². The van der Waals surface area contributed by atoms with Crippen molar-refractivity contribution in [2.45, 2.75) is 102 Å². The van der Waals surface area contributed by atoms with Gasteiger partial charge < -0.3 is 38.9 Å². The number of carbonyl (C=O) groups excluding carboxylic acids is 1. The number of oxime groups is 1. The second-order valence-electron chi connectivity index (χ2n) is 16.3. The molecule has 7 atom stereocenters. The van der Waals surface area contributed by atoms with Crippen LogP contribution in [0.3, 0.4) is 0 Å². The zero-order valence-corrected chi connectivity index (χ0v) is 34.6. The lowest BCUT2D eigenvalue weighted by Gasteiger charge is -2.60. The Morgan fingerprint density at radius 1 is 0.966 bits per heavy atom. The molecular weight excluding hydrogens is 745 g/mol. The van der Waals surface area contributed by atoms with Gasteiger partial charge in [0.15, 0.2) is 0 Å². The molecule has 7 rings (SSSR count). The van der Waals surface area contributed by atoms with Gasteiger partial charge in [-0.1, -0.05) is 80.1 Å². The highest BCUT2D eigenvalue weighted by molar-refractivity contribution is 6.04. The molecule has 10 nitrogen and oxygen atoms in total. The molecule has 2 fully saturated rings. The molecule has 3 aromatic rings. The topological polar surface area (TPSA) is 119 Å². The van der Waals surface area contributed by atoms with Gasteiger partial charge in [0, 0.05) is 49.6 Å². The third kappa shape index (κ3) is 9.16. The van der Waals surface area contributed by atoms with Crippen molar-refractivity contribution in [3.8, 4) is 11.5 Å². The minimum atomic E-state index is -1.34. The van der Waals surface area contributed by atoms with Crippen LogP contribution >= 0.6 is 0 Å². The van der Waals surface area contributed by atoms with Crippen LogP contribution in [0.4, 0.5) is 0 Å². The summed E-state index contributed by atoms with van der Waals surface area (Å²) in [6.07, 6.45) is 14.0. The summed E-state index contributed by atoms with van der Waals surface area (Å²) in [5.41, 5.74) is 3.36. The van der Waals surface area contributed by atoms with Gasteiger partial charge in [0.05, 0.1) is 24.8 Å². The summed E-state index contributed by atoms with van der Waals surface area (Å²) in [7, 11) is 0. The molecule has 2 aliphatic carbocycles. The molecule has 0 radical (unpaired) electrons. The van der Waals surface area contributed by atoms with Crippen LogP contribution in [0.25, 0.3) is 10.8 Å². The summed E-state index contributed by atoms with van der Waals surface area (Å²) in [5.74, 6) is -0.366. The van der Waals surface area contributed by atoms with Crippen LogP contribution in [0.15, 0.2) is 103 Å². The summed E-state index contributed by atoms with van der Waals surface area (Å²) in [6, 6.07) is 19.4. The number of carbonyl (C=O) groups is 1. The van der Waals surface area contributed by atoms with Crippen molar-refractivity contribution >= 4 is 22.4 Å². The maximum Gasteiger partial charge on any atom is 0.254 e. The molecule has 0 spiro atoms. The summed E-state index contributed by atoms with van der Waals surface area (Å²) in [4.78, 5) is 23.4. The molecule has 3 aromatic carbocycles. The predicted molar refractivity (Wildman–Crippen MR) is 231 cm³/mol. The molecular formula is C49H62N2O8. The van der Waals surface area contributed by atoms with Crippen LogP contribution in [0.2, 0.25) is 0 Å². The number of fused-ring (bicyclic) bond motifs is 3. The maximum atomic E-state index is 15.2. The minimum Gasteiger partial charge on any atom is -0.490 e. The average Bonchev–Trinajstić information content (AvgIpc) is 3.27. The van der Waals surface area contributed by atoms with Crippen molar-refractivity contribution < 1.29 is 38.8 Å². The number of amides is 1. The molecule has 0 bridgehead atoms. The van der Waals surface area contributed by atoms with Crippen molar-refractivity contribution in [2.24, 2.45) is 22.9 Å². The Balaban J connectivity index is 1.45. The van der Waals surface area contributed by atoms with Gasteiger partial charge in [-0.3, -0.25) is 4.79 Å². The smallest absolute Gasteiger partial charge is 0.254 e. The number of aliphatic hydroxyl groups is 2. The quantitative estimate of drug-likeness (QED) is 0.0660. The predicted octanol–water partition coefficient (Wildman–Crippen LogP) is 9.12. The monoisotopic (exact) mass is 806 g/mol. The lowest BCUT2D eigenvalue weighted by Crippen LogP contribution is -2.70. The van der Waals surface area contributed by atoms with E-state index in [0.29, 0.717) is 62.5 Å². The third-order valence-corrected chi connectivity index (χ3v) is 12.5. The SMILES string of the molecule is C=CCOc1ccc2c(c1)[C@H]1[C@H](CCCCO)[C@@H](CCCCO)C=C3C(=NOC4CCCCO4)C[C@H](N(CCC)C(=O)c4ccc5ccccc5c4)[C@@](OCC=C)(O2)[C@H]31. The van der Waals surface area contributed by atoms with Crippen molar-refractivity contribution in [1.29, 1.82) is 0 Å². The van der Waals surface area contributed by atoms with Crippen LogP contribution in [-0.4, -0.2) is 84.4 Å². The molecule has 2 N–H and O–H groups in total. The summed E-state index contributed by atoms with van der Waals surface area (Å²) in [6.45, 7) is 11.9. The Morgan fingerprint density at radius 2 is 1.76 bits per heavy atom. The first-order valence-electron chi connectivity index (χ1n) is 21.9. The van der Waals surface area contributed by atoms with Crippen LogP contribution in [-0.2, 0) is 14.3 Å². The van der Waals surface area contributed by atoms with Gasteiger partial charge in [-0.05, 0) is 103 Å². The molecule has 1 saturated carbocycles. The first kappa shape index (κ1) is 42.6. The number of allylic oxidation sites excluding steroid dienone is 1. The van der Waals surface area contributed by atoms with E-state index in [1.165, 1.54) is 0 Å². The highest BCUT2D eigenvalue weighted by Crippen LogP contribution is 2.62. The van der Waals surface area contributed by atoms with E-state index >= 15 is 4.79 Å². The molecule has 59 heavy (non-hydrogen) atoms. The number of rotatable bonds is 20. The molecule has 10 heteroatoms. The first-order valence-corrected chi connectivity index (χ1v) is 21.9. The van der Waals surface area contributed by atoms with Gasteiger partial charge in [0.1, 0.15) is 24.1 Å². The van der Waals surface area contributed by atoms with Crippen molar-refractivity contribution in [2.75, 3.05) is 39.6 Å². The second kappa shape index (κ2) is 20.2. The third-order valence-electron chi connectivity index (χ3n) is 12.5. The van der Waals surface area contributed by atoms with E-state index in [1.807, 2.05) is 53.4 Å². The second-order valence-corrected chi connectivity index (χ2v) is 16.3. The Hall–Kier alpha value is -4.48. The Bertz CT molecular complexity index is 1970. The van der Waals surface area contributed by atoms with E-state index in [4.69, 9.17) is 28.9 Å². The Labute approximate surface area is 349 Å². The minimum absolute atomic E-state index is 0.108. The van der Waals surface area contributed by atoms with Crippen molar-refractivity contribution in [1.82, 2.24) is 4.90 Å². The van der Waals surface area contributed by atoms with E-state index < -0.39 is 24.0 Å². The Kier molecular flexibility index (Phi) is 14.6. The van der Waals surface area contributed by atoms with E-state index in [9.17, 15) is 10.2 Å². The summed E-state index contributed by atoms with van der Waals surface area (Å²) >= 11 is 0. The molecule has 2 heterocycles. The van der Waals surface area contributed by atoms with Gasteiger partial charge in [0.2, 0.25) is 12.1 Å². The number of benzene rings is 3. The zero-order chi connectivity index (χ0) is 41.2. The standard InChI is InChI=1S/C49H62N2O8/c1-4-24-51(48(54)37-21-20-34-15-7-8-16-35(34)30-37)44-33-42(50-59-45-19-11-14-29-56-45)40-31-36(17-9-12-25-52)39(18-10-13-26-53)46-41-32-38(55-27-5-2)22-23-43(41)58-49(44,47(40)46)57-28-6-3/h5-8,15-16,20-23,30-32,36,39,44-47,52-53H,2-4,9-14,17-19,24-29,33H2,1H3/t36-,39+,44-,45?,46+,47+,49+/m0/s1. The van der Waals surface area contributed by atoms with Gasteiger partial charge in [0.25, 0.3) is 5.91 Å². The maximum absolute atomic E-state index is 15.2. The van der Waals surface area contributed by atoms with Gasteiger partial charge >= 0.3 is 0 Å².